The van der Waals surface area contributed by atoms with Crippen LogP contribution < -0.4 is 5.59 Å². The summed E-state index contributed by atoms with van der Waals surface area (Å²) in [5.74, 6) is 0. The lowest BCUT2D eigenvalue weighted by atomic mass is 9.85. The Kier molecular flexibility index (Phi) is 2.73. The number of nitrogens with zero attached hydrogens (tertiary/aromatic N) is 2. The van der Waals surface area contributed by atoms with Gasteiger partial charge >= 0.3 is 7.12 Å². The maximum absolute atomic E-state index is 5.83. The molecular weight excluding hydrogens is 226 g/mol. The van der Waals surface area contributed by atoms with Crippen LogP contribution in [0.5, 0.6) is 0 Å². The van der Waals surface area contributed by atoms with Crippen molar-refractivity contribution in [1.29, 1.82) is 0 Å². The van der Waals surface area contributed by atoms with Gasteiger partial charge in [0.25, 0.3) is 0 Å². The molecule has 0 amide bonds. The molecule has 0 aliphatic carbocycles. The van der Waals surface area contributed by atoms with Crippen molar-refractivity contribution in [2.45, 2.75) is 38.9 Å². The molecule has 2 heterocycles. The van der Waals surface area contributed by atoms with Crippen LogP contribution in [0.25, 0.3) is 0 Å². The average Bonchev–Trinajstić information content (AvgIpc) is 2.36. The van der Waals surface area contributed by atoms with Crippen LogP contribution in [0.15, 0.2) is 12.3 Å². The first-order valence-corrected chi connectivity index (χ1v) is 5.54. The lowest BCUT2D eigenvalue weighted by Gasteiger charge is -2.32. The number of hydrogen-bond donors (Lipinski definition) is 0. The van der Waals surface area contributed by atoms with E-state index in [1.807, 2.05) is 27.7 Å². The van der Waals surface area contributed by atoms with Crippen LogP contribution in [0, 0.1) is 0 Å². The van der Waals surface area contributed by atoms with Crippen LogP contribution in [0.4, 0.5) is 0 Å². The molecule has 0 unspecified atom stereocenters. The summed E-state index contributed by atoms with van der Waals surface area (Å²) in [7, 11) is -0.481. The molecule has 4 nitrogen and oxygen atoms in total. The van der Waals surface area contributed by atoms with Crippen molar-refractivity contribution in [1.82, 2.24) is 9.97 Å². The third-order valence-corrected chi connectivity index (χ3v) is 3.32. The molecule has 1 aromatic rings. The van der Waals surface area contributed by atoms with Crippen LogP contribution in [0.3, 0.4) is 0 Å². The third kappa shape index (κ3) is 1.95. The molecule has 2 rings (SSSR count). The molecule has 0 radical (unpaired) electrons. The Labute approximate surface area is 100 Å². The molecule has 1 aliphatic heterocycles. The maximum Gasteiger partial charge on any atom is 0.514 e. The van der Waals surface area contributed by atoms with Gasteiger partial charge < -0.3 is 9.31 Å². The topological polar surface area (TPSA) is 44.2 Å². The molecule has 0 N–H and O–H groups in total. The predicted molar refractivity (Wildman–Crippen MR) is 62.8 cm³/mol. The van der Waals surface area contributed by atoms with Gasteiger partial charge in [-0.3, -0.25) is 0 Å². The summed E-state index contributed by atoms with van der Waals surface area (Å²) < 4.78 is 11.7. The normalized spacial score (nSPS) is 22.4. The van der Waals surface area contributed by atoms with Crippen LogP contribution in [-0.2, 0) is 9.31 Å². The lowest BCUT2D eigenvalue weighted by Crippen LogP contribution is -2.41. The van der Waals surface area contributed by atoms with Crippen molar-refractivity contribution in [3.8, 4) is 0 Å². The van der Waals surface area contributed by atoms with Crippen molar-refractivity contribution in [3.63, 3.8) is 0 Å². The lowest BCUT2D eigenvalue weighted by molar-refractivity contribution is 0.00578. The summed E-state index contributed by atoms with van der Waals surface area (Å²) in [6, 6.07) is 1.74. The van der Waals surface area contributed by atoms with Crippen molar-refractivity contribution in [2.75, 3.05) is 0 Å². The Morgan fingerprint density at radius 3 is 2.25 bits per heavy atom. The monoisotopic (exact) mass is 240 g/mol. The number of aromatic nitrogens is 2. The average molecular weight is 240 g/mol. The first-order valence-electron chi connectivity index (χ1n) is 5.16. The van der Waals surface area contributed by atoms with E-state index in [1.165, 1.54) is 0 Å². The molecule has 1 saturated heterocycles. The van der Waals surface area contributed by atoms with E-state index in [-0.39, 0.29) is 16.5 Å². The first kappa shape index (κ1) is 11.8. The summed E-state index contributed by atoms with van der Waals surface area (Å²) in [5.41, 5.74) is -0.0804. The molecule has 0 atom stereocenters. The first-order chi connectivity index (χ1) is 7.32. The largest absolute Gasteiger partial charge is 0.514 e. The zero-order valence-electron chi connectivity index (χ0n) is 9.82. The molecule has 0 saturated carbocycles. The summed E-state index contributed by atoms with van der Waals surface area (Å²) in [5, 5.41) is 0.201. The molecule has 0 aromatic carbocycles. The fraction of sp³-hybridized carbons (Fsp3) is 0.600. The summed E-state index contributed by atoms with van der Waals surface area (Å²) in [6.45, 7) is 7.98. The van der Waals surface area contributed by atoms with Gasteiger partial charge in [0, 0.05) is 6.20 Å². The van der Waals surface area contributed by atoms with Crippen LogP contribution in [-0.4, -0.2) is 28.3 Å². The number of halogens is 1. The van der Waals surface area contributed by atoms with E-state index in [2.05, 4.69) is 9.97 Å². The minimum Gasteiger partial charge on any atom is -0.398 e. The molecule has 1 aliphatic rings. The summed E-state index contributed by atoms with van der Waals surface area (Å²) in [4.78, 5) is 7.92. The van der Waals surface area contributed by atoms with Crippen LogP contribution in [0.1, 0.15) is 27.7 Å². The van der Waals surface area contributed by atoms with E-state index in [4.69, 9.17) is 20.9 Å². The van der Waals surface area contributed by atoms with Gasteiger partial charge in [-0.1, -0.05) is 0 Å². The van der Waals surface area contributed by atoms with Gasteiger partial charge in [-0.05, 0) is 45.4 Å². The molecule has 6 heteroatoms. The molecule has 1 aromatic heterocycles. The summed E-state index contributed by atoms with van der Waals surface area (Å²) in [6.07, 6.45) is 1.59. The minimum atomic E-state index is -0.481. The standard InChI is InChI=1S/C10H14BClN2O2/c1-9(2)10(3,4)16-11(15-9)7-5-6-13-8(12)14-7/h5-6H,1-4H3. The zero-order chi connectivity index (χ0) is 12.0. The highest BCUT2D eigenvalue weighted by atomic mass is 35.5. The van der Waals surface area contributed by atoms with Gasteiger partial charge in [-0.25, -0.2) is 9.97 Å². The van der Waals surface area contributed by atoms with E-state index in [1.54, 1.807) is 12.3 Å². The number of hydrogen-bond acceptors (Lipinski definition) is 4. The van der Waals surface area contributed by atoms with Gasteiger partial charge in [0.05, 0.1) is 16.8 Å². The highest BCUT2D eigenvalue weighted by Crippen LogP contribution is 2.36. The van der Waals surface area contributed by atoms with Crippen LogP contribution >= 0.6 is 11.6 Å². The molecule has 16 heavy (non-hydrogen) atoms. The van der Waals surface area contributed by atoms with Gasteiger partial charge in [-0.2, -0.15) is 0 Å². The molecule has 0 bridgehead atoms. The third-order valence-electron chi connectivity index (χ3n) is 3.14. The van der Waals surface area contributed by atoms with E-state index >= 15 is 0 Å². The summed E-state index contributed by atoms with van der Waals surface area (Å²) >= 11 is 5.73. The molecular formula is C10H14BClN2O2. The second kappa shape index (κ2) is 3.69. The quantitative estimate of drug-likeness (QED) is 0.550. The fourth-order valence-corrected chi connectivity index (χ4v) is 1.60. The molecule has 1 fully saturated rings. The van der Waals surface area contributed by atoms with Crippen molar-refractivity contribution in [3.05, 3.63) is 17.5 Å². The number of rotatable bonds is 1. The van der Waals surface area contributed by atoms with Gasteiger partial charge in [0.1, 0.15) is 0 Å². The Balaban J connectivity index is 2.27. The zero-order valence-corrected chi connectivity index (χ0v) is 10.6. The Morgan fingerprint density at radius 1 is 1.19 bits per heavy atom. The van der Waals surface area contributed by atoms with Crippen molar-refractivity contribution >= 4 is 24.3 Å². The highest BCUT2D eigenvalue weighted by Gasteiger charge is 2.52. The Bertz CT molecular complexity index is 396. The smallest absolute Gasteiger partial charge is 0.398 e. The highest BCUT2D eigenvalue weighted by molar-refractivity contribution is 6.61. The fourth-order valence-electron chi connectivity index (χ4n) is 1.44. The van der Waals surface area contributed by atoms with Crippen LogP contribution in [0.2, 0.25) is 5.28 Å². The van der Waals surface area contributed by atoms with Gasteiger partial charge in [0.2, 0.25) is 5.28 Å². The van der Waals surface area contributed by atoms with Gasteiger partial charge in [-0.15, -0.1) is 0 Å². The Hall–Kier alpha value is -0.645. The van der Waals surface area contributed by atoms with E-state index in [0.29, 0.717) is 5.59 Å². The second-order valence-electron chi connectivity index (χ2n) is 4.84. The SMILES string of the molecule is CC1(C)OB(c2ccnc(Cl)n2)OC1(C)C. The van der Waals surface area contributed by atoms with E-state index in [0.717, 1.165) is 0 Å². The molecule has 0 spiro atoms. The minimum absolute atomic E-state index is 0.201. The second-order valence-corrected chi connectivity index (χ2v) is 5.18. The van der Waals surface area contributed by atoms with Crippen molar-refractivity contribution < 1.29 is 9.31 Å². The molecule has 86 valence electrons. The van der Waals surface area contributed by atoms with Gasteiger partial charge in [0.15, 0.2) is 0 Å². The predicted octanol–water partition coefficient (Wildman–Crippen LogP) is 1.43. The van der Waals surface area contributed by atoms with Crippen molar-refractivity contribution in [2.24, 2.45) is 0 Å². The van der Waals surface area contributed by atoms with E-state index in [9.17, 15) is 0 Å². The van der Waals surface area contributed by atoms with E-state index < -0.39 is 7.12 Å². The Morgan fingerprint density at radius 2 is 1.75 bits per heavy atom. The maximum atomic E-state index is 5.83.